The second kappa shape index (κ2) is 4.05. The van der Waals surface area contributed by atoms with Crippen LogP contribution in [0.15, 0.2) is 27.9 Å². The van der Waals surface area contributed by atoms with Crippen molar-refractivity contribution in [3.05, 3.63) is 22.7 Å². The Morgan fingerprint density at radius 1 is 1.43 bits per heavy atom. The highest BCUT2D eigenvalue weighted by Crippen LogP contribution is 2.12. The largest absolute Gasteiger partial charge is 0.325 e. The summed E-state index contributed by atoms with van der Waals surface area (Å²) in [6.45, 7) is 0. The number of hydrogen-bond acceptors (Lipinski definition) is 5. The zero-order valence-corrected chi connectivity index (χ0v) is 9.50. The van der Waals surface area contributed by atoms with Crippen molar-refractivity contribution in [2.75, 3.05) is 6.26 Å². The molecule has 14 heavy (non-hydrogen) atoms. The normalized spacial score (nSPS) is 19.7. The van der Waals surface area contributed by atoms with Gasteiger partial charge in [0.15, 0.2) is 5.78 Å². The van der Waals surface area contributed by atoms with E-state index in [0.29, 0.717) is 4.48 Å². The van der Waals surface area contributed by atoms with Gasteiger partial charge in [0, 0.05) is 0 Å². The molecule has 0 N–H and O–H groups in total. The second-order valence-corrected chi connectivity index (χ2v) is 4.90. The lowest BCUT2D eigenvalue weighted by atomic mass is 10.2. The molecule has 0 aliphatic heterocycles. The summed E-state index contributed by atoms with van der Waals surface area (Å²) >= 11 is 2.99. The monoisotopic (exact) mass is 279 g/mol. The van der Waals surface area contributed by atoms with E-state index < -0.39 is 10.1 Å². The number of nitrogens with zero attached hydrogens (tertiary/aromatic N) is 1. The van der Waals surface area contributed by atoms with E-state index in [4.69, 9.17) is 0 Å². The van der Waals surface area contributed by atoms with Crippen molar-refractivity contribution in [2.24, 2.45) is 5.16 Å². The number of oxime groups is 1. The highest BCUT2D eigenvalue weighted by Gasteiger charge is 2.09. The van der Waals surface area contributed by atoms with Crippen LogP contribution in [-0.4, -0.2) is 26.2 Å². The zero-order chi connectivity index (χ0) is 10.8. The van der Waals surface area contributed by atoms with Gasteiger partial charge >= 0.3 is 10.1 Å². The van der Waals surface area contributed by atoms with Gasteiger partial charge in [0.2, 0.25) is 0 Å². The summed E-state index contributed by atoms with van der Waals surface area (Å²) in [4.78, 5) is 10.9. The lowest BCUT2D eigenvalue weighted by molar-refractivity contribution is -0.110. The molecule has 0 aromatic carbocycles. The van der Waals surface area contributed by atoms with Crippen molar-refractivity contribution in [1.82, 2.24) is 0 Å². The van der Waals surface area contributed by atoms with E-state index in [1.165, 1.54) is 18.2 Å². The number of rotatable bonds is 2. The Bertz CT molecular complexity index is 446. The van der Waals surface area contributed by atoms with Gasteiger partial charge in [0.25, 0.3) is 0 Å². The lowest BCUT2D eigenvalue weighted by Gasteiger charge is -2.01. The average molecular weight is 280 g/mol. The Morgan fingerprint density at radius 2 is 2.07 bits per heavy atom. The molecule has 1 aliphatic rings. The molecule has 1 aliphatic carbocycles. The smallest absolute Gasteiger partial charge is 0.289 e. The van der Waals surface area contributed by atoms with Gasteiger partial charge in [-0.2, -0.15) is 8.42 Å². The molecule has 0 aromatic heterocycles. The minimum Gasteiger partial charge on any atom is -0.289 e. The third-order valence-electron chi connectivity index (χ3n) is 1.19. The molecule has 1 rings (SSSR count). The van der Waals surface area contributed by atoms with Gasteiger partial charge in [-0.3, -0.25) is 9.08 Å². The van der Waals surface area contributed by atoms with Crippen LogP contribution in [0.4, 0.5) is 0 Å². The fourth-order valence-corrected chi connectivity index (χ4v) is 1.25. The minimum atomic E-state index is -3.61. The zero-order valence-electron chi connectivity index (χ0n) is 7.10. The van der Waals surface area contributed by atoms with Crippen molar-refractivity contribution in [3.8, 4) is 0 Å². The summed E-state index contributed by atoms with van der Waals surface area (Å²) in [5.41, 5.74) is 0.252. The molecular formula is C7H6BrNO4S. The van der Waals surface area contributed by atoms with Gasteiger partial charge in [0.1, 0.15) is 5.71 Å². The molecule has 0 amide bonds. The van der Waals surface area contributed by atoms with Gasteiger partial charge in [-0.25, -0.2) is 0 Å². The predicted octanol–water partition coefficient (Wildman–Crippen LogP) is 0.736. The summed E-state index contributed by atoms with van der Waals surface area (Å²) in [5.74, 6) is -0.205. The molecule has 5 nitrogen and oxygen atoms in total. The van der Waals surface area contributed by atoms with Crippen LogP contribution in [0, 0.1) is 0 Å². The SMILES string of the molecule is CS(=O)(=O)ON=C1C=CC(=O)C(Br)=C1. The first kappa shape index (κ1) is 11.1. The van der Waals surface area contributed by atoms with Crippen LogP contribution < -0.4 is 0 Å². The number of carbonyl (C=O) groups excluding carboxylic acids is 1. The van der Waals surface area contributed by atoms with Gasteiger partial charge in [0.05, 0.1) is 10.7 Å². The summed E-state index contributed by atoms with van der Waals surface area (Å²) in [5, 5.41) is 3.32. The molecule has 7 heteroatoms. The number of allylic oxidation sites excluding steroid dienone is 4. The van der Waals surface area contributed by atoms with E-state index in [9.17, 15) is 13.2 Å². The summed E-state index contributed by atoms with van der Waals surface area (Å²) in [7, 11) is -3.61. The molecule has 0 fully saturated rings. The van der Waals surface area contributed by atoms with Gasteiger partial charge in [-0.15, -0.1) is 0 Å². The molecule has 0 bridgehead atoms. The Hall–Kier alpha value is -0.950. The van der Waals surface area contributed by atoms with Crippen molar-refractivity contribution in [3.63, 3.8) is 0 Å². The van der Waals surface area contributed by atoms with Crippen molar-refractivity contribution in [2.45, 2.75) is 0 Å². The maximum absolute atomic E-state index is 10.9. The maximum Gasteiger partial charge on any atom is 0.325 e. The standard InChI is InChI=1S/C7H6BrNO4S/c1-14(11,12)13-9-5-2-3-7(10)6(8)4-5/h2-4H,1H3. The summed E-state index contributed by atoms with van der Waals surface area (Å²) in [6, 6.07) is 0. The molecule has 0 saturated carbocycles. The highest BCUT2D eigenvalue weighted by molar-refractivity contribution is 9.12. The van der Waals surface area contributed by atoms with Crippen LogP contribution >= 0.6 is 15.9 Å². The fourth-order valence-electron chi connectivity index (χ4n) is 0.657. The molecular weight excluding hydrogens is 274 g/mol. The van der Waals surface area contributed by atoms with Crippen LogP contribution in [0.25, 0.3) is 0 Å². The van der Waals surface area contributed by atoms with Crippen LogP contribution in [0.3, 0.4) is 0 Å². The van der Waals surface area contributed by atoms with E-state index in [2.05, 4.69) is 25.4 Å². The third kappa shape index (κ3) is 3.43. The topological polar surface area (TPSA) is 72.8 Å². The fraction of sp³-hybridized carbons (Fsp3) is 0.143. The number of ketones is 1. The predicted molar refractivity (Wildman–Crippen MR) is 54.5 cm³/mol. The van der Waals surface area contributed by atoms with Crippen LogP contribution in [0.1, 0.15) is 0 Å². The lowest BCUT2D eigenvalue weighted by Crippen LogP contribution is -2.05. The van der Waals surface area contributed by atoms with Crippen molar-refractivity contribution >= 4 is 37.5 Å². The first-order valence-corrected chi connectivity index (χ1v) is 6.06. The molecule has 0 radical (unpaired) electrons. The Labute approximate surface area is 89.4 Å². The van der Waals surface area contributed by atoms with E-state index in [1.807, 2.05) is 0 Å². The van der Waals surface area contributed by atoms with Gasteiger partial charge in [-0.1, -0.05) is 5.16 Å². The van der Waals surface area contributed by atoms with Crippen LogP contribution in [-0.2, 0) is 19.2 Å². The molecule has 0 atom stereocenters. The van der Waals surface area contributed by atoms with Crippen LogP contribution in [0.5, 0.6) is 0 Å². The number of carbonyl (C=O) groups is 1. The minimum absolute atomic E-state index is 0.205. The van der Waals surface area contributed by atoms with E-state index >= 15 is 0 Å². The molecule has 0 saturated heterocycles. The molecule has 0 aromatic rings. The Morgan fingerprint density at radius 3 is 2.57 bits per heavy atom. The van der Waals surface area contributed by atoms with E-state index in [-0.39, 0.29) is 11.5 Å². The van der Waals surface area contributed by atoms with Crippen molar-refractivity contribution in [1.29, 1.82) is 0 Å². The average Bonchev–Trinajstić information content (AvgIpc) is 2.06. The van der Waals surface area contributed by atoms with E-state index in [0.717, 1.165) is 6.26 Å². The summed E-state index contributed by atoms with van der Waals surface area (Å²) < 4.78 is 25.6. The van der Waals surface area contributed by atoms with Crippen molar-refractivity contribution < 1.29 is 17.5 Å². The van der Waals surface area contributed by atoms with Crippen LogP contribution in [0.2, 0.25) is 0 Å². The summed E-state index contributed by atoms with van der Waals surface area (Å²) in [6.07, 6.45) is 4.87. The Balaban J connectivity index is 2.83. The molecule has 0 heterocycles. The van der Waals surface area contributed by atoms with E-state index in [1.54, 1.807) is 0 Å². The third-order valence-corrected chi connectivity index (χ3v) is 2.16. The molecule has 0 spiro atoms. The molecule has 0 unspecified atom stereocenters. The van der Waals surface area contributed by atoms with Gasteiger partial charge in [-0.05, 0) is 34.2 Å². The first-order chi connectivity index (χ1) is 6.38. The first-order valence-electron chi connectivity index (χ1n) is 3.45. The highest BCUT2D eigenvalue weighted by atomic mass is 79.9. The quantitative estimate of drug-likeness (QED) is 0.552. The number of hydrogen-bond donors (Lipinski definition) is 0. The number of halogens is 1. The molecule has 76 valence electrons. The Kier molecular flexibility index (Phi) is 3.22. The second-order valence-electron chi connectivity index (χ2n) is 2.48. The maximum atomic E-state index is 10.9. The van der Waals surface area contributed by atoms with Gasteiger partial charge < -0.3 is 0 Å².